The molecule has 33 heavy (non-hydrogen) atoms. The zero-order chi connectivity index (χ0) is 23.6. The van der Waals surface area contributed by atoms with Crippen LogP contribution < -0.4 is 10.1 Å². The molecular weight excluding hydrogens is 438 g/mol. The lowest BCUT2D eigenvalue weighted by atomic mass is 10.1. The molecule has 0 bridgehead atoms. The fourth-order valence-electron chi connectivity index (χ4n) is 2.89. The van der Waals surface area contributed by atoms with Gasteiger partial charge in [-0.15, -0.1) is 0 Å². The molecule has 0 aliphatic rings. The second-order valence-corrected chi connectivity index (χ2v) is 8.45. The maximum absolute atomic E-state index is 12.1. The van der Waals surface area contributed by atoms with Crippen LogP contribution in [0.5, 0.6) is 5.75 Å². The Hall–Kier alpha value is -3.58. The van der Waals surface area contributed by atoms with Crippen LogP contribution in [0.25, 0.3) is 0 Å². The van der Waals surface area contributed by atoms with Crippen LogP contribution >= 0.6 is 11.8 Å². The van der Waals surface area contributed by atoms with Crippen molar-refractivity contribution in [2.75, 3.05) is 19.0 Å². The van der Waals surface area contributed by atoms with Crippen molar-refractivity contribution in [3.63, 3.8) is 0 Å². The Labute approximate surface area is 197 Å². The van der Waals surface area contributed by atoms with Gasteiger partial charge in [0.25, 0.3) is 0 Å². The van der Waals surface area contributed by atoms with E-state index in [9.17, 15) is 14.4 Å². The maximum Gasteiger partial charge on any atom is 0.306 e. The van der Waals surface area contributed by atoms with Crippen molar-refractivity contribution in [1.29, 1.82) is 0 Å². The molecule has 3 aromatic carbocycles. The summed E-state index contributed by atoms with van der Waals surface area (Å²) in [5.41, 5.74) is 2.25. The standard InChI is InChI=1S/C26H25NO5S/c1-18-6-10-22(11-7-18)33-23-12-8-20(9-13-23)27-25(29)14-15-26(30)32-17-24(28)19-4-3-5-21(16-19)31-2/h3-13,16H,14-15,17H2,1-2H3,(H,27,29). The lowest BCUT2D eigenvalue weighted by Gasteiger charge is -2.08. The summed E-state index contributed by atoms with van der Waals surface area (Å²) in [7, 11) is 1.51. The van der Waals surface area contributed by atoms with E-state index in [0.717, 1.165) is 9.79 Å². The van der Waals surface area contributed by atoms with E-state index in [0.29, 0.717) is 17.0 Å². The van der Waals surface area contributed by atoms with Crippen molar-refractivity contribution in [3.8, 4) is 5.75 Å². The Bertz CT molecular complexity index is 1110. The predicted octanol–water partition coefficient (Wildman–Crippen LogP) is 5.30. The number of ether oxygens (including phenoxy) is 2. The molecule has 0 spiro atoms. The quantitative estimate of drug-likeness (QED) is 0.325. The second-order valence-electron chi connectivity index (χ2n) is 7.30. The first-order valence-corrected chi connectivity index (χ1v) is 11.2. The first kappa shape index (κ1) is 24.1. The molecule has 0 heterocycles. The zero-order valence-electron chi connectivity index (χ0n) is 18.5. The number of carbonyl (C=O) groups excluding carboxylic acids is 3. The SMILES string of the molecule is COc1cccc(C(=O)COC(=O)CCC(=O)Nc2ccc(Sc3ccc(C)cc3)cc2)c1. The smallest absolute Gasteiger partial charge is 0.306 e. The fraction of sp³-hybridized carbons (Fsp3) is 0.192. The second kappa shape index (κ2) is 11.9. The molecule has 0 atom stereocenters. The third kappa shape index (κ3) is 7.80. The molecule has 0 radical (unpaired) electrons. The van der Waals surface area contributed by atoms with E-state index in [1.807, 2.05) is 31.2 Å². The molecule has 3 rings (SSSR count). The Balaban J connectivity index is 1.39. The number of carbonyl (C=O) groups is 3. The summed E-state index contributed by atoms with van der Waals surface area (Å²) < 4.78 is 10.1. The number of hydrogen-bond donors (Lipinski definition) is 1. The minimum Gasteiger partial charge on any atom is -0.497 e. The monoisotopic (exact) mass is 463 g/mol. The van der Waals surface area contributed by atoms with E-state index in [-0.39, 0.29) is 31.1 Å². The van der Waals surface area contributed by atoms with Crippen LogP contribution in [-0.4, -0.2) is 31.4 Å². The molecule has 0 aromatic heterocycles. The highest BCUT2D eigenvalue weighted by Gasteiger charge is 2.13. The van der Waals surface area contributed by atoms with E-state index < -0.39 is 5.97 Å². The van der Waals surface area contributed by atoms with Gasteiger partial charge < -0.3 is 14.8 Å². The fourth-order valence-corrected chi connectivity index (χ4v) is 3.70. The molecule has 0 aliphatic carbocycles. The van der Waals surface area contributed by atoms with Gasteiger partial charge in [-0.05, 0) is 55.5 Å². The molecule has 0 fully saturated rings. The average Bonchev–Trinajstić information content (AvgIpc) is 2.84. The van der Waals surface area contributed by atoms with Crippen LogP contribution in [0.4, 0.5) is 5.69 Å². The van der Waals surface area contributed by atoms with Gasteiger partial charge in [0.1, 0.15) is 5.75 Å². The third-order valence-electron chi connectivity index (χ3n) is 4.71. The molecule has 6 nitrogen and oxygen atoms in total. The lowest BCUT2D eigenvalue weighted by Crippen LogP contribution is -2.17. The minimum atomic E-state index is -0.605. The van der Waals surface area contributed by atoms with Crippen LogP contribution in [0.2, 0.25) is 0 Å². The van der Waals surface area contributed by atoms with Crippen molar-refractivity contribution in [3.05, 3.63) is 83.9 Å². The van der Waals surface area contributed by atoms with Crippen molar-refractivity contribution < 1.29 is 23.9 Å². The number of benzene rings is 3. The number of methoxy groups -OCH3 is 1. The maximum atomic E-state index is 12.1. The summed E-state index contributed by atoms with van der Waals surface area (Å²) in [6, 6.07) is 22.4. The normalized spacial score (nSPS) is 10.4. The molecule has 170 valence electrons. The van der Waals surface area contributed by atoms with E-state index in [1.54, 1.807) is 36.0 Å². The molecule has 0 saturated heterocycles. The molecular formula is C26H25NO5S. The number of ketones is 1. The van der Waals surface area contributed by atoms with Crippen molar-refractivity contribution in [1.82, 2.24) is 0 Å². The number of Topliss-reactive ketones (excluding diaryl/α,β-unsaturated/α-hetero) is 1. The Morgan fingerprint density at radius 2 is 1.55 bits per heavy atom. The topological polar surface area (TPSA) is 81.7 Å². The number of hydrogen-bond acceptors (Lipinski definition) is 6. The van der Waals surface area contributed by atoms with Gasteiger partial charge in [-0.25, -0.2) is 0 Å². The van der Waals surface area contributed by atoms with Gasteiger partial charge in [0.15, 0.2) is 12.4 Å². The number of aryl methyl sites for hydroxylation is 1. The Morgan fingerprint density at radius 1 is 0.879 bits per heavy atom. The van der Waals surface area contributed by atoms with E-state index >= 15 is 0 Å². The highest BCUT2D eigenvalue weighted by molar-refractivity contribution is 7.99. The van der Waals surface area contributed by atoms with Crippen molar-refractivity contribution >= 4 is 35.1 Å². The molecule has 3 aromatic rings. The van der Waals surface area contributed by atoms with Crippen LogP contribution in [0.1, 0.15) is 28.8 Å². The molecule has 0 saturated carbocycles. The molecule has 7 heteroatoms. The Kier molecular flexibility index (Phi) is 8.66. The van der Waals surface area contributed by atoms with Crippen LogP contribution in [0, 0.1) is 6.92 Å². The highest BCUT2D eigenvalue weighted by Crippen LogP contribution is 2.28. The van der Waals surface area contributed by atoms with E-state index in [1.165, 1.54) is 12.7 Å². The third-order valence-corrected chi connectivity index (χ3v) is 5.72. The van der Waals surface area contributed by atoms with Gasteiger partial charge in [0.2, 0.25) is 5.91 Å². The molecule has 1 amide bonds. The van der Waals surface area contributed by atoms with E-state index in [4.69, 9.17) is 9.47 Å². The van der Waals surface area contributed by atoms with Gasteiger partial charge in [0, 0.05) is 27.5 Å². The average molecular weight is 464 g/mol. The summed E-state index contributed by atoms with van der Waals surface area (Å²) in [6.45, 7) is 1.67. The number of esters is 1. The van der Waals surface area contributed by atoms with Gasteiger partial charge in [0.05, 0.1) is 13.5 Å². The lowest BCUT2D eigenvalue weighted by molar-refractivity contribution is -0.143. The number of rotatable bonds is 10. The summed E-state index contributed by atoms with van der Waals surface area (Å²) >= 11 is 1.64. The largest absolute Gasteiger partial charge is 0.497 e. The van der Waals surface area contributed by atoms with Crippen LogP contribution in [0.3, 0.4) is 0 Å². The van der Waals surface area contributed by atoms with Crippen molar-refractivity contribution in [2.45, 2.75) is 29.6 Å². The predicted molar refractivity (Wildman–Crippen MR) is 128 cm³/mol. The van der Waals surface area contributed by atoms with E-state index in [2.05, 4.69) is 29.6 Å². The highest BCUT2D eigenvalue weighted by atomic mass is 32.2. The summed E-state index contributed by atoms with van der Waals surface area (Å²) in [5, 5.41) is 2.76. The van der Waals surface area contributed by atoms with Crippen LogP contribution in [0.15, 0.2) is 82.6 Å². The molecule has 0 aliphatic heterocycles. The first-order chi connectivity index (χ1) is 15.9. The van der Waals surface area contributed by atoms with Crippen LogP contribution in [-0.2, 0) is 14.3 Å². The summed E-state index contributed by atoms with van der Waals surface area (Å²) in [4.78, 5) is 38.4. The molecule has 1 N–H and O–H groups in total. The minimum absolute atomic E-state index is 0.0357. The number of nitrogens with one attached hydrogen (secondary N) is 1. The Morgan fingerprint density at radius 3 is 2.21 bits per heavy atom. The number of anilines is 1. The van der Waals surface area contributed by atoms with Gasteiger partial charge in [-0.1, -0.05) is 41.6 Å². The summed E-state index contributed by atoms with van der Waals surface area (Å²) in [6.07, 6.45) is -0.148. The van der Waals surface area contributed by atoms with Crippen molar-refractivity contribution in [2.24, 2.45) is 0 Å². The van der Waals surface area contributed by atoms with Gasteiger partial charge in [-0.3, -0.25) is 14.4 Å². The van der Waals surface area contributed by atoms with Gasteiger partial charge >= 0.3 is 5.97 Å². The zero-order valence-corrected chi connectivity index (χ0v) is 19.3. The summed E-state index contributed by atoms with van der Waals surface area (Å²) in [5.74, 6) is -0.697. The van der Waals surface area contributed by atoms with Gasteiger partial charge in [-0.2, -0.15) is 0 Å². The first-order valence-electron chi connectivity index (χ1n) is 10.4. The molecule has 0 unspecified atom stereocenters. The number of amides is 1.